The Hall–Kier alpha value is -11.4. The molecule has 6 aromatic heterocycles. The van der Waals surface area contributed by atoms with Crippen molar-refractivity contribution in [2.24, 2.45) is 42.3 Å². The number of ketones is 4. The monoisotopic (exact) mass is 1420 g/mol. The molecule has 0 saturated carbocycles. The number of carbonyl (C=O) groups is 13. The van der Waals surface area contributed by atoms with E-state index < -0.39 is 41.4 Å². The maximum atomic E-state index is 13.5. The molecule has 0 aliphatic rings. The number of carbonyl (C=O) groups excluding carboxylic acids is 13. The number of aryl methyl sites for hydroxylation is 6. The first kappa shape index (κ1) is 78.9. The van der Waals surface area contributed by atoms with Crippen molar-refractivity contribution < 1.29 is 67.1 Å². The molecule has 0 bridgehead atoms. The van der Waals surface area contributed by atoms with Crippen LogP contribution in [0.3, 0.4) is 0 Å². The van der Waals surface area contributed by atoms with Crippen molar-refractivity contribution in [2.45, 2.75) is 116 Å². The smallest absolute Gasteiger partial charge is 0.305 e. The topological polar surface area (TPSA) is 399 Å². The third-order valence-electron chi connectivity index (χ3n) is 16.5. The summed E-state index contributed by atoms with van der Waals surface area (Å²) in [5.41, 5.74) is 3.40. The average Bonchev–Trinajstić information content (AvgIpc) is 1.71. The lowest BCUT2D eigenvalue weighted by molar-refractivity contribution is -0.140. The number of aromatic nitrogens is 9. The Morgan fingerprint density at radius 2 is 0.883 bits per heavy atom. The molecule has 0 spiro atoms. The number of nitrogens with one attached hydrogen (secondary N) is 8. The van der Waals surface area contributed by atoms with E-state index in [2.05, 4.69) is 67.1 Å². The fourth-order valence-corrected chi connectivity index (χ4v) is 11.2. The van der Waals surface area contributed by atoms with E-state index in [0.717, 1.165) is 32.2 Å². The van der Waals surface area contributed by atoms with Crippen LogP contribution in [0.4, 0.5) is 28.8 Å². The molecule has 0 radical (unpaired) electrons. The van der Waals surface area contributed by atoms with Gasteiger partial charge in [-0.1, -0.05) is 12.8 Å². The molecule has 550 valence electrons. The molecule has 7 aromatic rings. The van der Waals surface area contributed by atoms with Crippen molar-refractivity contribution >= 4 is 105 Å². The predicted octanol–water partition coefficient (Wildman–Crippen LogP) is 5.78. The summed E-state index contributed by atoms with van der Waals surface area (Å²) < 4.78 is 13.7. The van der Waals surface area contributed by atoms with E-state index in [0.29, 0.717) is 78.7 Å². The van der Waals surface area contributed by atoms with Gasteiger partial charge in [0, 0.05) is 175 Å². The van der Waals surface area contributed by atoms with Crippen LogP contribution >= 0.6 is 0 Å². The van der Waals surface area contributed by atoms with Crippen LogP contribution in [0.5, 0.6) is 0 Å². The first-order valence-corrected chi connectivity index (χ1v) is 34.0. The quantitative estimate of drug-likeness (QED) is 0.0128. The van der Waals surface area contributed by atoms with Crippen molar-refractivity contribution in [1.82, 2.24) is 63.2 Å². The average molecular weight is 1420 g/mol. The Morgan fingerprint density at radius 3 is 1.51 bits per heavy atom. The summed E-state index contributed by atoms with van der Waals surface area (Å²) in [6.07, 6.45) is 16.3. The highest BCUT2D eigenvalue weighted by Gasteiger charge is 2.24. The molecule has 7 rings (SSSR count). The third kappa shape index (κ3) is 24.7. The number of imidazole rings is 3. The standard InChI is InChI=1S/C71H92N18O14/c1-83(2)33-15-14-18-50(90)19-16-20-54(91)51-34-45(39-84(51)3)36-55(92)52-35-46(40-85(52)4)37-56(93)65-79-57(42-87(65)6)77-62(96)22-17-30-73-69(100)53-38-49(41-86(53)5)76-70(101)66-81-59(44-89(66)8)82-71(102)67-80-58(43-88(67)7)78-63(97)29-31-72-60(94)28-32-74-68(99)47-24-26-48(27-25-47)75-61(95)21-12-10-11-13-23-64(98)103-9/h24-27,34-35,38-44H,10-23,28-33,36-37H2,1-9H3,(H,72,94)(H,73,100)(H,74,99)(H,75,95)(H,76,101)(H,77,96)(H,78,97)(H,82,102). The van der Waals surface area contributed by atoms with Gasteiger partial charge in [0.2, 0.25) is 41.1 Å². The van der Waals surface area contributed by atoms with E-state index >= 15 is 0 Å². The molecule has 32 nitrogen and oxygen atoms in total. The molecule has 32 heteroatoms. The maximum absolute atomic E-state index is 13.5. The fourth-order valence-electron chi connectivity index (χ4n) is 11.2. The summed E-state index contributed by atoms with van der Waals surface area (Å²) in [7, 11) is 15.1. The molecule has 0 unspecified atom stereocenters. The molecule has 8 N–H and O–H groups in total. The summed E-state index contributed by atoms with van der Waals surface area (Å²) in [5, 5.41) is 21.4. The van der Waals surface area contributed by atoms with Gasteiger partial charge in [0.25, 0.3) is 23.6 Å². The number of hydrogen-bond acceptors (Lipinski definition) is 18. The number of ether oxygens (including phenoxy) is 1. The summed E-state index contributed by atoms with van der Waals surface area (Å²) in [6.45, 7) is 1.03. The van der Waals surface area contributed by atoms with Crippen molar-refractivity contribution in [1.29, 1.82) is 0 Å². The van der Waals surface area contributed by atoms with Crippen LogP contribution in [0.1, 0.15) is 188 Å². The van der Waals surface area contributed by atoms with Crippen LogP contribution in [0, 0.1) is 0 Å². The Labute approximate surface area is 595 Å². The zero-order chi connectivity index (χ0) is 74.9. The number of hydrogen-bond donors (Lipinski definition) is 8. The van der Waals surface area contributed by atoms with E-state index in [9.17, 15) is 62.3 Å². The largest absolute Gasteiger partial charge is 0.469 e. The van der Waals surface area contributed by atoms with E-state index in [1.54, 1.807) is 86.1 Å². The predicted molar refractivity (Wildman–Crippen MR) is 382 cm³/mol. The summed E-state index contributed by atoms with van der Waals surface area (Å²) in [4.78, 5) is 182. The van der Waals surface area contributed by atoms with Gasteiger partial charge in [0.05, 0.1) is 24.2 Å². The molecule has 1 aromatic carbocycles. The molecule has 0 atom stereocenters. The molecule has 8 amide bonds. The van der Waals surface area contributed by atoms with Gasteiger partial charge in [-0.05, 0) is 113 Å². The number of nitrogens with zero attached hydrogens (tertiary/aromatic N) is 10. The van der Waals surface area contributed by atoms with Gasteiger partial charge in [0.1, 0.15) is 11.5 Å². The van der Waals surface area contributed by atoms with Crippen LogP contribution in [0.15, 0.2) is 79.6 Å². The van der Waals surface area contributed by atoms with Crippen LogP contribution in [0.25, 0.3) is 0 Å². The lowest BCUT2D eigenvalue weighted by Gasteiger charge is -2.08. The van der Waals surface area contributed by atoms with Crippen LogP contribution in [0.2, 0.25) is 0 Å². The summed E-state index contributed by atoms with van der Waals surface area (Å²) in [6, 6.07) is 11.1. The summed E-state index contributed by atoms with van der Waals surface area (Å²) in [5.74, 6) is -4.42. The first-order chi connectivity index (χ1) is 49.1. The second-order valence-corrected chi connectivity index (χ2v) is 25.5. The van der Waals surface area contributed by atoms with E-state index in [1.807, 2.05) is 14.1 Å². The van der Waals surface area contributed by atoms with Crippen molar-refractivity contribution in [3.63, 3.8) is 0 Å². The zero-order valence-electron chi connectivity index (χ0n) is 59.7. The van der Waals surface area contributed by atoms with Gasteiger partial charge in [0.15, 0.2) is 34.8 Å². The first-order valence-electron chi connectivity index (χ1n) is 34.0. The minimum absolute atomic E-state index is 0.000938. The highest BCUT2D eigenvalue weighted by atomic mass is 16.5. The SMILES string of the molecule is COC(=O)CCCCCCC(=O)Nc1ccc(C(=O)NCCC(=O)NCCC(=O)Nc2cn(C)c(C(=O)Nc3cn(C)c(C(=O)Nc4cc(C(=O)NCCCC(=O)Nc5cn(C)c(C(=O)Cc6cc(C(=O)Cc7cc(C(=O)CCCC(=O)CCCCN(C)C)n(C)c7)n(C)c6)n5)n(C)c4)n3)n2)cc1. The molecule has 0 aliphatic heterocycles. The Kier molecular flexibility index (Phi) is 29.4. The van der Waals surface area contributed by atoms with Gasteiger partial charge in [-0.3, -0.25) is 62.3 Å². The van der Waals surface area contributed by atoms with Gasteiger partial charge in [-0.25, -0.2) is 15.0 Å². The molecular formula is C71H92N18O14. The van der Waals surface area contributed by atoms with E-state index in [-0.39, 0.29) is 146 Å². The second-order valence-electron chi connectivity index (χ2n) is 25.5. The molecule has 103 heavy (non-hydrogen) atoms. The number of benzene rings is 1. The lowest BCUT2D eigenvalue weighted by atomic mass is 10.0. The number of methoxy groups -OCH3 is 1. The molecular weight excluding hydrogens is 1330 g/mol. The Bertz CT molecular complexity index is 4240. The molecule has 0 fully saturated rings. The van der Waals surface area contributed by atoms with Crippen LogP contribution in [-0.4, -0.2) is 171 Å². The normalized spacial score (nSPS) is 11.0. The number of unbranched alkanes of at least 4 members (excludes halogenated alkanes) is 4. The number of rotatable bonds is 42. The third-order valence-corrected chi connectivity index (χ3v) is 16.5. The summed E-state index contributed by atoms with van der Waals surface area (Å²) >= 11 is 0. The van der Waals surface area contributed by atoms with Crippen molar-refractivity contribution in [2.75, 3.05) is 74.0 Å². The van der Waals surface area contributed by atoms with E-state index in [4.69, 9.17) is 0 Å². The minimum atomic E-state index is -0.711. The number of esters is 1. The van der Waals surface area contributed by atoms with Crippen molar-refractivity contribution in [3.8, 4) is 0 Å². The van der Waals surface area contributed by atoms with Crippen LogP contribution < -0.4 is 42.5 Å². The lowest BCUT2D eigenvalue weighted by Crippen LogP contribution is -2.32. The Balaban J connectivity index is 0.763. The zero-order valence-corrected chi connectivity index (χ0v) is 59.7. The highest BCUT2D eigenvalue weighted by Crippen LogP contribution is 2.21. The van der Waals surface area contributed by atoms with Crippen LogP contribution in [-0.2, 0) is 88.6 Å². The highest BCUT2D eigenvalue weighted by molar-refractivity contribution is 6.06. The fraction of sp³-hybridized carbons (Fsp3) is 0.437. The second kappa shape index (κ2) is 38.4. The molecule has 0 aliphatic carbocycles. The Morgan fingerprint density at radius 1 is 0.388 bits per heavy atom. The van der Waals surface area contributed by atoms with Gasteiger partial charge < -0.3 is 79.6 Å². The van der Waals surface area contributed by atoms with Crippen molar-refractivity contribution in [3.05, 3.63) is 131 Å². The minimum Gasteiger partial charge on any atom is -0.469 e. The van der Waals surface area contributed by atoms with Gasteiger partial charge >= 0.3 is 5.97 Å². The van der Waals surface area contributed by atoms with Gasteiger partial charge in [-0.2, -0.15) is 0 Å². The number of Topliss-reactive ketones (excluding diaryl/α,β-unsaturated/α-hetero) is 4. The molecule has 6 heterocycles. The van der Waals surface area contributed by atoms with E-state index in [1.165, 1.54) is 70.3 Å². The maximum Gasteiger partial charge on any atom is 0.305 e. The van der Waals surface area contributed by atoms with Gasteiger partial charge in [-0.15, -0.1) is 0 Å². The number of amides is 8. The molecule has 0 saturated heterocycles. The number of anilines is 5.